The molecule has 5 atom stereocenters. The van der Waals surface area contributed by atoms with E-state index in [-0.39, 0.29) is 29.6 Å². The summed E-state index contributed by atoms with van der Waals surface area (Å²) in [7, 11) is 1.17. The number of hydrogen-bond donors (Lipinski definition) is 3. The summed E-state index contributed by atoms with van der Waals surface area (Å²) in [5.74, 6) is -1.68. The Labute approximate surface area is 108 Å². The standard InChI is InChI=1S/C7H12O7.Na/c1-13-7-4(10)2(8)3(9)5(14-7)6(11)12;/h2-5,7-10H,1H3,(H,11,12);/q;+1/p-1/t2-,3-,4+,5-,7+;/m0./s1. The van der Waals surface area contributed by atoms with Crippen molar-refractivity contribution in [3.05, 3.63) is 0 Å². The number of carboxylic acid groups (broad SMARTS) is 1. The van der Waals surface area contributed by atoms with E-state index in [1.165, 1.54) is 7.11 Å². The van der Waals surface area contributed by atoms with Gasteiger partial charge in [0.25, 0.3) is 0 Å². The number of rotatable bonds is 2. The van der Waals surface area contributed by atoms with Crippen LogP contribution in [0.15, 0.2) is 0 Å². The minimum Gasteiger partial charge on any atom is -0.547 e. The second-order valence-electron chi connectivity index (χ2n) is 2.95. The van der Waals surface area contributed by atoms with Crippen LogP contribution >= 0.6 is 0 Å². The Morgan fingerprint density at radius 1 is 1.27 bits per heavy atom. The van der Waals surface area contributed by atoms with E-state index < -0.39 is 36.7 Å². The number of aliphatic carboxylic acids is 1. The molecule has 0 aliphatic carbocycles. The fraction of sp³-hybridized carbons (Fsp3) is 0.857. The van der Waals surface area contributed by atoms with Crippen molar-refractivity contribution in [2.24, 2.45) is 0 Å². The fourth-order valence-electron chi connectivity index (χ4n) is 1.24. The molecule has 1 rings (SSSR count). The maximum Gasteiger partial charge on any atom is 1.00 e. The Balaban J connectivity index is 0.00000196. The first-order valence-corrected chi connectivity index (χ1v) is 3.92. The van der Waals surface area contributed by atoms with Gasteiger partial charge in [-0.25, -0.2) is 0 Å². The van der Waals surface area contributed by atoms with E-state index in [1.807, 2.05) is 0 Å². The van der Waals surface area contributed by atoms with Crippen LogP contribution < -0.4 is 34.7 Å². The van der Waals surface area contributed by atoms with Gasteiger partial charge in [-0.1, -0.05) is 0 Å². The number of carboxylic acids is 1. The molecule has 8 heteroatoms. The molecule has 0 bridgehead atoms. The first kappa shape index (κ1) is 15.3. The van der Waals surface area contributed by atoms with E-state index in [0.29, 0.717) is 0 Å². The number of methoxy groups -OCH3 is 1. The van der Waals surface area contributed by atoms with Crippen LogP contribution in [0.1, 0.15) is 0 Å². The largest absolute Gasteiger partial charge is 1.00 e. The number of carbonyl (C=O) groups excluding carboxylic acids is 1. The van der Waals surface area contributed by atoms with Crippen molar-refractivity contribution in [1.29, 1.82) is 0 Å². The average Bonchev–Trinajstić information content (AvgIpc) is 2.14. The van der Waals surface area contributed by atoms with Crippen LogP contribution in [0.2, 0.25) is 0 Å². The van der Waals surface area contributed by atoms with Crippen molar-refractivity contribution in [3.63, 3.8) is 0 Å². The van der Waals surface area contributed by atoms with Gasteiger partial charge in [0.15, 0.2) is 6.29 Å². The van der Waals surface area contributed by atoms with Gasteiger partial charge >= 0.3 is 29.6 Å². The van der Waals surface area contributed by atoms with Crippen molar-refractivity contribution in [2.45, 2.75) is 30.7 Å². The zero-order chi connectivity index (χ0) is 10.9. The molecule has 15 heavy (non-hydrogen) atoms. The normalized spacial score (nSPS) is 40.7. The van der Waals surface area contributed by atoms with Crippen molar-refractivity contribution in [2.75, 3.05) is 7.11 Å². The monoisotopic (exact) mass is 230 g/mol. The van der Waals surface area contributed by atoms with Gasteiger partial charge in [0.05, 0.1) is 5.97 Å². The molecule has 0 spiro atoms. The summed E-state index contributed by atoms with van der Waals surface area (Å²) in [5, 5.41) is 38.1. The number of ether oxygens (including phenoxy) is 2. The van der Waals surface area contributed by atoms with E-state index in [4.69, 9.17) is 0 Å². The third-order valence-corrected chi connectivity index (χ3v) is 2.03. The van der Waals surface area contributed by atoms with Crippen LogP contribution in [0, 0.1) is 0 Å². The van der Waals surface area contributed by atoms with E-state index in [1.54, 1.807) is 0 Å². The molecule has 0 aromatic rings. The molecule has 1 aliphatic rings. The van der Waals surface area contributed by atoms with Crippen LogP contribution in [0.5, 0.6) is 0 Å². The molecule has 0 aromatic heterocycles. The Bertz CT molecular complexity index is 221. The van der Waals surface area contributed by atoms with Gasteiger partial charge in [-0.2, -0.15) is 0 Å². The predicted octanol–water partition coefficient (Wildman–Crippen LogP) is -6.81. The number of aliphatic hydroxyl groups excluding tert-OH is 3. The molecule has 0 aromatic carbocycles. The average molecular weight is 230 g/mol. The maximum absolute atomic E-state index is 10.4. The van der Waals surface area contributed by atoms with Gasteiger partial charge < -0.3 is 34.7 Å². The zero-order valence-electron chi connectivity index (χ0n) is 8.36. The van der Waals surface area contributed by atoms with Gasteiger partial charge in [0.2, 0.25) is 0 Å². The first-order valence-electron chi connectivity index (χ1n) is 3.92. The van der Waals surface area contributed by atoms with Crippen molar-refractivity contribution in [3.8, 4) is 0 Å². The second-order valence-corrected chi connectivity index (χ2v) is 2.95. The molecule has 1 aliphatic heterocycles. The minimum atomic E-state index is -1.73. The summed E-state index contributed by atoms with van der Waals surface area (Å²) < 4.78 is 9.22. The number of hydrogen-bond acceptors (Lipinski definition) is 7. The first-order chi connectivity index (χ1) is 6.49. The molecular weight excluding hydrogens is 219 g/mol. The Morgan fingerprint density at radius 2 is 1.80 bits per heavy atom. The molecule has 0 unspecified atom stereocenters. The van der Waals surface area contributed by atoms with Crippen molar-refractivity contribution >= 4 is 5.97 Å². The summed E-state index contributed by atoms with van der Waals surface area (Å²) in [6.45, 7) is 0. The molecular formula is C7H11NaO7. The third-order valence-electron chi connectivity index (χ3n) is 2.03. The minimum absolute atomic E-state index is 0. The van der Waals surface area contributed by atoms with Gasteiger partial charge in [0.1, 0.15) is 24.4 Å². The molecule has 1 fully saturated rings. The summed E-state index contributed by atoms with van der Waals surface area (Å²) in [6, 6.07) is 0. The van der Waals surface area contributed by atoms with Crippen LogP contribution in [0.3, 0.4) is 0 Å². The van der Waals surface area contributed by atoms with E-state index in [9.17, 15) is 25.2 Å². The smallest absolute Gasteiger partial charge is 0.547 e. The van der Waals surface area contributed by atoms with E-state index >= 15 is 0 Å². The van der Waals surface area contributed by atoms with Gasteiger partial charge in [-0.05, 0) is 0 Å². The molecule has 1 heterocycles. The number of carbonyl (C=O) groups is 1. The van der Waals surface area contributed by atoms with Crippen LogP contribution in [0.25, 0.3) is 0 Å². The van der Waals surface area contributed by atoms with Crippen LogP contribution in [-0.4, -0.2) is 59.1 Å². The van der Waals surface area contributed by atoms with Crippen LogP contribution in [0.4, 0.5) is 0 Å². The quantitative estimate of drug-likeness (QED) is 0.403. The summed E-state index contributed by atoms with van der Waals surface area (Å²) >= 11 is 0. The molecule has 7 nitrogen and oxygen atoms in total. The molecule has 0 radical (unpaired) electrons. The Kier molecular flexibility index (Phi) is 6.23. The maximum atomic E-state index is 10.4. The summed E-state index contributed by atoms with van der Waals surface area (Å²) in [4.78, 5) is 10.4. The second kappa shape index (κ2) is 6.12. The number of aliphatic hydroxyl groups is 3. The zero-order valence-corrected chi connectivity index (χ0v) is 10.4. The van der Waals surface area contributed by atoms with Crippen LogP contribution in [-0.2, 0) is 14.3 Å². The fourth-order valence-corrected chi connectivity index (χ4v) is 1.24. The molecule has 0 saturated carbocycles. The predicted molar refractivity (Wildman–Crippen MR) is 38.7 cm³/mol. The molecule has 82 valence electrons. The Hall–Kier alpha value is 0.270. The Morgan fingerprint density at radius 3 is 2.20 bits per heavy atom. The van der Waals surface area contributed by atoms with Crippen molar-refractivity contribution in [1.82, 2.24) is 0 Å². The third kappa shape index (κ3) is 3.11. The van der Waals surface area contributed by atoms with E-state index in [2.05, 4.69) is 9.47 Å². The molecule has 3 N–H and O–H groups in total. The van der Waals surface area contributed by atoms with Gasteiger partial charge in [0, 0.05) is 7.11 Å². The SMILES string of the molecule is CO[C@@H]1O[C@H](C(=O)[O-])[C@@H](O)[C@H](O)[C@H]1O.[Na+]. The van der Waals surface area contributed by atoms with Crippen molar-refractivity contribution < 1.29 is 64.3 Å². The van der Waals surface area contributed by atoms with E-state index in [0.717, 1.165) is 0 Å². The molecule has 0 amide bonds. The van der Waals surface area contributed by atoms with Gasteiger partial charge in [-0.15, -0.1) is 0 Å². The van der Waals surface area contributed by atoms with Gasteiger partial charge in [-0.3, -0.25) is 0 Å². The summed E-state index contributed by atoms with van der Waals surface area (Å²) in [5.41, 5.74) is 0. The topological polar surface area (TPSA) is 119 Å². The molecule has 1 saturated heterocycles. The summed E-state index contributed by atoms with van der Waals surface area (Å²) in [6.07, 6.45) is -7.88.